The predicted molar refractivity (Wildman–Crippen MR) is 84.2 cm³/mol. The molecule has 0 fully saturated rings. The van der Waals surface area contributed by atoms with Gasteiger partial charge in [0, 0.05) is 17.8 Å². The molecule has 1 amide bonds. The van der Waals surface area contributed by atoms with Crippen molar-refractivity contribution < 1.29 is 4.79 Å². The first-order chi connectivity index (χ1) is 9.21. The number of amides is 1. The van der Waals surface area contributed by atoms with Crippen LogP contribution in [0, 0.1) is 5.92 Å². The Morgan fingerprint density at radius 2 is 1.84 bits per heavy atom. The van der Waals surface area contributed by atoms with Gasteiger partial charge < -0.3 is 5.32 Å². The van der Waals surface area contributed by atoms with E-state index in [2.05, 4.69) is 59.4 Å². The van der Waals surface area contributed by atoms with Gasteiger partial charge in [-0.25, -0.2) is 0 Å². The number of hydrogen-bond donors (Lipinski definition) is 1. The van der Waals surface area contributed by atoms with E-state index in [1.807, 2.05) is 0 Å². The fourth-order valence-electron chi connectivity index (χ4n) is 2.05. The van der Waals surface area contributed by atoms with Gasteiger partial charge >= 0.3 is 0 Å². The molecule has 1 rings (SSSR count). The van der Waals surface area contributed by atoms with Crippen molar-refractivity contribution >= 4 is 21.8 Å². The lowest BCUT2D eigenvalue weighted by Gasteiger charge is -2.14. The van der Waals surface area contributed by atoms with Crippen molar-refractivity contribution in [3.8, 4) is 0 Å². The topological polar surface area (TPSA) is 29.1 Å². The molecule has 3 heteroatoms. The average molecular weight is 326 g/mol. The summed E-state index contributed by atoms with van der Waals surface area (Å²) in [5, 5.41) is 3.92. The van der Waals surface area contributed by atoms with E-state index in [1.165, 1.54) is 5.56 Å². The number of hydrogen-bond acceptors (Lipinski definition) is 1. The number of rotatable bonds is 8. The van der Waals surface area contributed by atoms with E-state index in [0.717, 1.165) is 36.6 Å². The Morgan fingerprint density at radius 1 is 1.21 bits per heavy atom. The van der Waals surface area contributed by atoms with Crippen molar-refractivity contribution in [3.63, 3.8) is 0 Å². The minimum atomic E-state index is 0.168. The molecular formula is C16H24BrNO. The lowest BCUT2D eigenvalue weighted by Crippen LogP contribution is -2.30. The van der Waals surface area contributed by atoms with Crippen molar-refractivity contribution in [2.45, 2.75) is 51.4 Å². The monoisotopic (exact) mass is 325 g/mol. The average Bonchev–Trinajstić information content (AvgIpc) is 2.46. The summed E-state index contributed by atoms with van der Waals surface area (Å²) in [5.41, 5.74) is 2.41. The highest BCUT2D eigenvalue weighted by Crippen LogP contribution is 2.13. The number of alkyl halides is 1. The third kappa shape index (κ3) is 5.77. The summed E-state index contributed by atoms with van der Waals surface area (Å²) in [4.78, 5) is 12.1. The van der Waals surface area contributed by atoms with Crippen LogP contribution < -0.4 is 5.32 Å². The summed E-state index contributed by atoms with van der Waals surface area (Å²) in [6.07, 6.45) is 4.21. The quantitative estimate of drug-likeness (QED) is 0.704. The molecule has 0 bridgehead atoms. The highest BCUT2D eigenvalue weighted by atomic mass is 79.9. The summed E-state index contributed by atoms with van der Waals surface area (Å²) in [5.74, 6) is 0.363. The second-order valence-electron chi connectivity index (χ2n) is 4.92. The molecule has 19 heavy (non-hydrogen) atoms. The van der Waals surface area contributed by atoms with Crippen LogP contribution >= 0.6 is 15.9 Å². The third-order valence-electron chi connectivity index (χ3n) is 3.41. The van der Waals surface area contributed by atoms with Gasteiger partial charge in [0.15, 0.2) is 0 Å². The van der Waals surface area contributed by atoms with Crippen molar-refractivity contribution in [2.24, 2.45) is 5.92 Å². The van der Waals surface area contributed by atoms with Crippen LogP contribution in [0.5, 0.6) is 0 Å². The normalized spacial score (nSPS) is 12.2. The van der Waals surface area contributed by atoms with E-state index in [0.29, 0.717) is 6.54 Å². The summed E-state index contributed by atoms with van der Waals surface area (Å²) in [7, 11) is 0. The summed E-state index contributed by atoms with van der Waals surface area (Å²) in [6, 6.07) is 8.32. The Kier molecular flexibility index (Phi) is 7.80. The van der Waals surface area contributed by atoms with E-state index < -0.39 is 0 Å². The van der Waals surface area contributed by atoms with Gasteiger partial charge in [-0.1, -0.05) is 66.9 Å². The molecule has 0 aliphatic carbocycles. The molecule has 1 aromatic rings. The maximum Gasteiger partial charge on any atom is 0.223 e. The van der Waals surface area contributed by atoms with Crippen molar-refractivity contribution in [3.05, 3.63) is 35.4 Å². The van der Waals surface area contributed by atoms with E-state index in [4.69, 9.17) is 0 Å². The number of unbranched alkanes of at least 4 members (excludes halogenated alkanes) is 1. The first-order valence-electron chi connectivity index (χ1n) is 7.12. The number of halogens is 1. The van der Waals surface area contributed by atoms with Crippen LogP contribution in [-0.2, 0) is 16.7 Å². The SMILES string of the molecule is CCCCC(CC)C(=O)NCc1ccc(CBr)cc1. The second kappa shape index (κ2) is 9.13. The lowest BCUT2D eigenvalue weighted by atomic mass is 9.98. The Labute approximate surface area is 125 Å². The van der Waals surface area contributed by atoms with Crippen LogP contribution in [0.25, 0.3) is 0 Å². The molecule has 0 aliphatic rings. The Balaban J connectivity index is 2.43. The number of nitrogens with one attached hydrogen (secondary N) is 1. The molecule has 0 heterocycles. The highest BCUT2D eigenvalue weighted by Gasteiger charge is 2.14. The predicted octanol–water partition coefficient (Wildman–Crippen LogP) is 4.41. The fraction of sp³-hybridized carbons (Fsp3) is 0.562. The van der Waals surface area contributed by atoms with Gasteiger partial charge in [0.05, 0.1) is 0 Å². The molecular weight excluding hydrogens is 302 g/mol. The van der Waals surface area contributed by atoms with Crippen LogP contribution in [-0.4, -0.2) is 5.91 Å². The van der Waals surface area contributed by atoms with Crippen LogP contribution in [0.1, 0.15) is 50.7 Å². The van der Waals surface area contributed by atoms with Gasteiger partial charge in [0.1, 0.15) is 0 Å². The zero-order valence-corrected chi connectivity index (χ0v) is 13.5. The number of carbonyl (C=O) groups excluding carboxylic acids is 1. The molecule has 0 saturated carbocycles. The van der Waals surface area contributed by atoms with E-state index in [-0.39, 0.29) is 11.8 Å². The molecule has 1 unspecified atom stereocenters. The van der Waals surface area contributed by atoms with E-state index in [1.54, 1.807) is 0 Å². The van der Waals surface area contributed by atoms with Crippen LogP contribution in [0.3, 0.4) is 0 Å². The van der Waals surface area contributed by atoms with Gasteiger partial charge in [0.25, 0.3) is 0 Å². The zero-order valence-electron chi connectivity index (χ0n) is 11.9. The molecule has 0 aliphatic heterocycles. The fourth-order valence-corrected chi connectivity index (χ4v) is 2.42. The molecule has 0 aromatic heterocycles. The smallest absolute Gasteiger partial charge is 0.223 e. The molecule has 1 aromatic carbocycles. The number of carbonyl (C=O) groups is 1. The van der Waals surface area contributed by atoms with Gasteiger partial charge in [-0.15, -0.1) is 0 Å². The van der Waals surface area contributed by atoms with Gasteiger partial charge in [-0.2, -0.15) is 0 Å². The van der Waals surface area contributed by atoms with Crippen LogP contribution in [0.2, 0.25) is 0 Å². The Hall–Kier alpha value is -0.830. The zero-order chi connectivity index (χ0) is 14.1. The maximum atomic E-state index is 12.1. The molecule has 0 radical (unpaired) electrons. The Bertz CT molecular complexity index is 375. The largest absolute Gasteiger partial charge is 0.352 e. The van der Waals surface area contributed by atoms with Crippen molar-refractivity contribution in [2.75, 3.05) is 0 Å². The second-order valence-corrected chi connectivity index (χ2v) is 5.48. The molecule has 0 saturated heterocycles. The Morgan fingerprint density at radius 3 is 2.37 bits per heavy atom. The summed E-state index contributed by atoms with van der Waals surface area (Å²) >= 11 is 3.43. The highest BCUT2D eigenvalue weighted by molar-refractivity contribution is 9.08. The summed E-state index contributed by atoms with van der Waals surface area (Å²) < 4.78 is 0. The third-order valence-corrected chi connectivity index (χ3v) is 4.06. The maximum absolute atomic E-state index is 12.1. The van der Waals surface area contributed by atoms with Gasteiger partial charge in [-0.3, -0.25) is 4.79 Å². The first kappa shape index (κ1) is 16.2. The van der Waals surface area contributed by atoms with Crippen LogP contribution in [0.15, 0.2) is 24.3 Å². The lowest BCUT2D eigenvalue weighted by molar-refractivity contribution is -0.125. The summed E-state index contributed by atoms with van der Waals surface area (Å²) in [6.45, 7) is 4.88. The van der Waals surface area contributed by atoms with E-state index in [9.17, 15) is 4.79 Å². The molecule has 1 atom stereocenters. The minimum Gasteiger partial charge on any atom is -0.352 e. The van der Waals surface area contributed by atoms with Crippen molar-refractivity contribution in [1.29, 1.82) is 0 Å². The molecule has 1 N–H and O–H groups in total. The van der Waals surface area contributed by atoms with Gasteiger partial charge in [0.2, 0.25) is 5.91 Å². The molecule has 2 nitrogen and oxygen atoms in total. The minimum absolute atomic E-state index is 0.168. The molecule has 106 valence electrons. The standard InChI is InChI=1S/C16H24BrNO/c1-3-5-6-15(4-2)16(19)18-12-14-9-7-13(11-17)8-10-14/h7-10,15H,3-6,11-12H2,1-2H3,(H,18,19). The van der Waals surface area contributed by atoms with Crippen molar-refractivity contribution in [1.82, 2.24) is 5.32 Å². The van der Waals surface area contributed by atoms with E-state index >= 15 is 0 Å². The first-order valence-corrected chi connectivity index (χ1v) is 8.24. The number of benzene rings is 1. The van der Waals surface area contributed by atoms with Crippen LogP contribution in [0.4, 0.5) is 0 Å². The van der Waals surface area contributed by atoms with Gasteiger partial charge in [-0.05, 0) is 24.0 Å². The molecule has 0 spiro atoms.